The van der Waals surface area contributed by atoms with Gasteiger partial charge in [0.05, 0.1) is 0 Å². The van der Waals surface area contributed by atoms with Gasteiger partial charge in [0.2, 0.25) is 17.8 Å². The highest BCUT2D eigenvalue weighted by molar-refractivity contribution is 5.88. The van der Waals surface area contributed by atoms with Crippen molar-refractivity contribution < 1.29 is 58.1 Å². The van der Waals surface area contributed by atoms with Gasteiger partial charge < -0.3 is 40.8 Å². The first-order valence-electron chi connectivity index (χ1n) is 10.7. The number of phenols is 1. The molecule has 1 aliphatic heterocycles. The number of carbonyl (C=O) groups excluding carboxylic acids is 3. The fourth-order valence-electron chi connectivity index (χ4n) is 3.27. The van der Waals surface area contributed by atoms with E-state index in [4.69, 9.17) is 14.6 Å². The summed E-state index contributed by atoms with van der Waals surface area (Å²) in [6, 6.07) is 5.36. The molecule has 1 aliphatic rings. The molecule has 0 aliphatic carbocycles. The number of hydrogen-bond acceptors (Lipinski definition) is 7. The third-order valence-electron chi connectivity index (χ3n) is 4.85. The Bertz CT molecular complexity index is 984. The number of phenolic OH excluding ortho intramolecular Hbond substituents is 1. The third kappa shape index (κ3) is 9.44. The predicted octanol–water partition coefficient (Wildman–Crippen LogP) is -1.05. The Hall–Kier alpha value is -3.81. The molecule has 0 fully saturated rings. The minimum Gasteiger partial charge on any atom is -0.542 e. The standard InChI is InChI=1S/C20H27N3O6.C2HF3O2/c1-3-8-23(9-7-13-5-4-6-14(25)10-13)19(26)18-17(22-12(2)24)15(21)11-16(29-18)20(27)28;3-2(4,5)1(6)7/h4-6,10-11,15,17-18,25H,3,7-9,21H2,1-2H3,(H,22,24)(H,27,28);(H,6,7)/t15-,17+,18+;/m0./s1. The summed E-state index contributed by atoms with van der Waals surface area (Å²) in [6.07, 6.45) is -3.89. The van der Waals surface area contributed by atoms with Gasteiger partial charge in [-0.1, -0.05) is 19.1 Å². The fourth-order valence-corrected chi connectivity index (χ4v) is 3.27. The number of carbonyl (C=O) groups is 4. The van der Waals surface area contributed by atoms with Crippen LogP contribution in [0.4, 0.5) is 13.2 Å². The van der Waals surface area contributed by atoms with Crippen molar-refractivity contribution in [1.29, 1.82) is 0 Å². The second-order valence-electron chi connectivity index (χ2n) is 7.80. The lowest BCUT2D eigenvalue weighted by Gasteiger charge is -2.35. The van der Waals surface area contributed by atoms with E-state index in [0.29, 0.717) is 25.9 Å². The van der Waals surface area contributed by atoms with Gasteiger partial charge in [0, 0.05) is 26.1 Å². The van der Waals surface area contributed by atoms with Crippen molar-refractivity contribution in [3.05, 3.63) is 41.7 Å². The first kappa shape index (κ1) is 30.2. The first-order valence-corrected chi connectivity index (χ1v) is 10.7. The summed E-state index contributed by atoms with van der Waals surface area (Å²) in [6.45, 7) is 4.04. The van der Waals surface area contributed by atoms with Crippen molar-refractivity contribution in [2.75, 3.05) is 13.1 Å². The van der Waals surface area contributed by atoms with Crippen molar-refractivity contribution >= 4 is 23.8 Å². The van der Waals surface area contributed by atoms with Gasteiger partial charge >= 0.3 is 12.1 Å². The lowest BCUT2D eigenvalue weighted by atomic mass is 9.97. The molecule has 14 heteroatoms. The van der Waals surface area contributed by atoms with Crippen molar-refractivity contribution in [3.8, 4) is 5.75 Å². The summed E-state index contributed by atoms with van der Waals surface area (Å²) in [5.74, 6) is -5.28. The van der Waals surface area contributed by atoms with Crippen LogP contribution in [-0.4, -0.2) is 76.3 Å². The summed E-state index contributed by atoms with van der Waals surface area (Å²) in [4.78, 5) is 46.6. The van der Waals surface area contributed by atoms with Crippen LogP contribution in [0, 0.1) is 0 Å². The van der Waals surface area contributed by atoms with Crippen LogP contribution in [0.5, 0.6) is 5.75 Å². The maximum atomic E-state index is 13.2. The highest BCUT2D eigenvalue weighted by Gasteiger charge is 2.43. The van der Waals surface area contributed by atoms with E-state index in [2.05, 4.69) is 11.1 Å². The van der Waals surface area contributed by atoms with Crippen molar-refractivity contribution in [3.63, 3.8) is 0 Å². The quantitative estimate of drug-likeness (QED) is 0.335. The monoisotopic (exact) mass is 519 g/mol. The van der Waals surface area contributed by atoms with Crippen LogP contribution in [0.1, 0.15) is 25.8 Å². The molecule has 200 valence electrons. The molecule has 0 aromatic heterocycles. The number of rotatable bonds is 8. The van der Waals surface area contributed by atoms with E-state index in [1.54, 1.807) is 23.1 Å². The van der Waals surface area contributed by atoms with Gasteiger partial charge in [-0.15, -0.1) is 0 Å². The molecule has 0 bridgehead atoms. The Morgan fingerprint density at radius 3 is 2.31 bits per heavy atom. The number of amides is 2. The second-order valence-corrected chi connectivity index (χ2v) is 7.80. The number of carboxylic acids is 2. The maximum absolute atomic E-state index is 13.2. The largest absolute Gasteiger partial charge is 0.542 e. The predicted molar refractivity (Wildman–Crippen MR) is 115 cm³/mol. The molecule has 1 heterocycles. The molecule has 11 nitrogen and oxygen atoms in total. The number of hydrogen-bond donors (Lipinski definition) is 4. The molecular weight excluding hydrogens is 491 g/mol. The molecule has 36 heavy (non-hydrogen) atoms. The van der Waals surface area contributed by atoms with Gasteiger partial charge in [-0.25, -0.2) is 4.79 Å². The van der Waals surface area contributed by atoms with E-state index in [0.717, 1.165) is 5.56 Å². The number of aromatic hydroxyl groups is 1. The first-order chi connectivity index (χ1) is 16.7. The lowest BCUT2D eigenvalue weighted by Crippen LogP contribution is -2.74. The summed E-state index contributed by atoms with van der Waals surface area (Å²) >= 11 is 0. The summed E-state index contributed by atoms with van der Waals surface area (Å²) in [5, 5.41) is 30.3. The topological polar surface area (TPSA) is 184 Å². The molecule has 2 amide bonds. The minimum atomic E-state index is -5.19. The van der Waals surface area contributed by atoms with Crippen LogP contribution < -0.4 is 16.2 Å². The maximum Gasteiger partial charge on any atom is 0.430 e. The SMILES string of the molecule is CCCN(CCc1cccc(O)c1)C(=O)[C@@H]1OC(C(=O)O)=C[C@H]([NH3+])[C@H]1NC(C)=O.O=C([O-])C(F)(F)F. The van der Waals surface area contributed by atoms with Crippen LogP contribution in [0.25, 0.3) is 0 Å². The summed E-state index contributed by atoms with van der Waals surface area (Å²) in [7, 11) is 0. The highest BCUT2D eigenvalue weighted by atomic mass is 19.4. The molecular formula is C22H28F3N3O8. The van der Waals surface area contributed by atoms with Gasteiger partial charge in [0.15, 0.2) is 0 Å². The third-order valence-corrected chi connectivity index (χ3v) is 4.85. The molecule has 0 unspecified atom stereocenters. The van der Waals surface area contributed by atoms with E-state index in [-0.39, 0.29) is 17.4 Å². The smallest absolute Gasteiger partial charge is 0.430 e. The van der Waals surface area contributed by atoms with Gasteiger partial charge in [0.1, 0.15) is 23.8 Å². The van der Waals surface area contributed by atoms with Gasteiger partial charge in [-0.2, -0.15) is 13.2 Å². The Kier molecular flexibility index (Phi) is 11.2. The van der Waals surface area contributed by atoms with E-state index in [9.17, 15) is 37.8 Å². The molecule has 6 N–H and O–H groups in total. The average molecular weight is 519 g/mol. The Balaban J connectivity index is 0.000000809. The number of alkyl halides is 3. The van der Waals surface area contributed by atoms with Crippen LogP contribution in [-0.2, 0) is 30.3 Å². The van der Waals surface area contributed by atoms with Crippen molar-refractivity contribution in [1.82, 2.24) is 10.2 Å². The number of benzene rings is 1. The zero-order chi connectivity index (χ0) is 27.6. The summed E-state index contributed by atoms with van der Waals surface area (Å²) in [5.41, 5.74) is 4.74. The molecule has 1 aromatic rings. The number of nitrogens with one attached hydrogen (secondary N) is 1. The van der Waals surface area contributed by atoms with Crippen LogP contribution in [0.15, 0.2) is 36.1 Å². The van der Waals surface area contributed by atoms with Crippen LogP contribution in [0.3, 0.4) is 0 Å². The number of nitrogens with zero attached hydrogens (tertiary/aromatic N) is 1. The van der Waals surface area contributed by atoms with Gasteiger partial charge in [-0.3, -0.25) is 9.59 Å². The zero-order valence-electron chi connectivity index (χ0n) is 19.6. The van der Waals surface area contributed by atoms with Crippen LogP contribution >= 0.6 is 0 Å². The van der Waals surface area contributed by atoms with E-state index < -0.39 is 42.2 Å². The molecule has 3 atom stereocenters. The molecule has 0 saturated carbocycles. The van der Waals surface area contributed by atoms with E-state index >= 15 is 0 Å². The minimum absolute atomic E-state index is 0.147. The van der Waals surface area contributed by atoms with Crippen molar-refractivity contribution in [2.24, 2.45) is 0 Å². The molecule has 0 spiro atoms. The van der Waals surface area contributed by atoms with E-state index in [1.165, 1.54) is 13.0 Å². The van der Waals surface area contributed by atoms with Gasteiger partial charge in [-0.05, 0) is 30.5 Å². The number of quaternary nitrogens is 1. The summed E-state index contributed by atoms with van der Waals surface area (Å²) < 4.78 is 37.0. The number of aliphatic carboxylic acids is 2. The van der Waals surface area contributed by atoms with Crippen molar-refractivity contribution in [2.45, 2.75) is 51.1 Å². The number of halogens is 3. The normalized spacial score (nSPS) is 19.1. The van der Waals surface area contributed by atoms with Gasteiger partial charge in [0.25, 0.3) is 5.91 Å². The molecule has 0 radical (unpaired) electrons. The Morgan fingerprint density at radius 2 is 1.83 bits per heavy atom. The second kappa shape index (κ2) is 13.3. The molecule has 1 aromatic carbocycles. The van der Waals surface area contributed by atoms with Crippen LogP contribution in [0.2, 0.25) is 0 Å². The Labute approximate surface area is 204 Å². The fraction of sp³-hybridized carbons (Fsp3) is 0.455. The highest BCUT2D eigenvalue weighted by Crippen LogP contribution is 2.20. The molecule has 0 saturated heterocycles. The van der Waals surface area contributed by atoms with E-state index in [1.807, 2.05) is 13.0 Å². The zero-order valence-corrected chi connectivity index (χ0v) is 19.6. The number of ether oxygens (including phenoxy) is 1. The Morgan fingerprint density at radius 1 is 1.22 bits per heavy atom. The molecule has 2 rings (SSSR count). The lowest BCUT2D eigenvalue weighted by molar-refractivity contribution is -0.414. The average Bonchev–Trinajstić information content (AvgIpc) is 2.76. The number of carboxylic acid groups (broad SMARTS) is 2.